The van der Waals surface area contributed by atoms with Crippen LogP contribution in [0.15, 0.2) is 23.6 Å². The number of amides is 2. The average molecular weight is 381 g/mol. The minimum absolute atomic E-state index is 0.0572. The number of carbonyl (C=O) groups is 2. The summed E-state index contributed by atoms with van der Waals surface area (Å²) in [6, 6.07) is 2.78. The van der Waals surface area contributed by atoms with Crippen LogP contribution >= 0.6 is 11.3 Å². The molecule has 1 aromatic carbocycles. The van der Waals surface area contributed by atoms with Crippen molar-refractivity contribution >= 4 is 23.2 Å². The number of thiazole rings is 1. The number of benzene rings is 1. The van der Waals surface area contributed by atoms with Crippen molar-refractivity contribution in [2.45, 2.75) is 32.7 Å². The second kappa shape index (κ2) is 9.38. The maximum absolute atomic E-state index is 13.5. The summed E-state index contributed by atoms with van der Waals surface area (Å²) in [4.78, 5) is 30.0. The van der Waals surface area contributed by atoms with Crippen molar-refractivity contribution in [3.8, 4) is 0 Å². The number of hydrogen-bond donors (Lipinski definition) is 1. The normalized spacial score (nSPS) is 10.6. The van der Waals surface area contributed by atoms with Crippen LogP contribution in [0.4, 0.5) is 8.78 Å². The van der Waals surface area contributed by atoms with Crippen molar-refractivity contribution < 1.29 is 18.4 Å². The largest absolute Gasteiger partial charge is 0.352 e. The van der Waals surface area contributed by atoms with Gasteiger partial charge in [0.15, 0.2) is 0 Å². The third-order valence-electron chi connectivity index (χ3n) is 3.76. The first-order valence-electron chi connectivity index (χ1n) is 8.31. The lowest BCUT2D eigenvalue weighted by Gasteiger charge is -2.16. The Labute approximate surface area is 155 Å². The first kappa shape index (κ1) is 20.0. The molecule has 140 valence electrons. The Morgan fingerprint density at radius 3 is 2.73 bits per heavy atom. The van der Waals surface area contributed by atoms with Crippen LogP contribution in [-0.2, 0) is 17.8 Å². The van der Waals surface area contributed by atoms with E-state index in [-0.39, 0.29) is 24.4 Å². The molecule has 2 rings (SSSR count). The van der Waals surface area contributed by atoms with Crippen LogP contribution < -0.4 is 5.32 Å². The fraction of sp³-hybridized carbons (Fsp3) is 0.389. The van der Waals surface area contributed by atoms with Crippen molar-refractivity contribution in [2.75, 3.05) is 13.6 Å². The number of carbonyl (C=O) groups excluding carboxylic acids is 2. The Kier molecular flexibility index (Phi) is 7.20. The Bertz CT molecular complexity index is 780. The van der Waals surface area contributed by atoms with Crippen LogP contribution in [0.1, 0.15) is 40.8 Å². The van der Waals surface area contributed by atoms with Gasteiger partial charge in [-0.1, -0.05) is 6.92 Å². The summed E-state index contributed by atoms with van der Waals surface area (Å²) < 4.78 is 26.4. The highest BCUT2D eigenvalue weighted by Gasteiger charge is 2.13. The summed E-state index contributed by atoms with van der Waals surface area (Å²) in [7, 11) is 1.71. The van der Waals surface area contributed by atoms with E-state index in [4.69, 9.17) is 0 Å². The molecule has 0 aliphatic rings. The average Bonchev–Trinajstić information content (AvgIpc) is 3.05. The van der Waals surface area contributed by atoms with Crippen LogP contribution in [-0.4, -0.2) is 35.3 Å². The zero-order valence-electron chi connectivity index (χ0n) is 14.7. The zero-order valence-corrected chi connectivity index (χ0v) is 15.5. The van der Waals surface area contributed by atoms with Gasteiger partial charge in [-0.2, -0.15) is 0 Å². The molecule has 0 atom stereocenters. The van der Waals surface area contributed by atoms with Gasteiger partial charge in [0, 0.05) is 31.5 Å². The maximum Gasteiger partial charge on any atom is 0.254 e. The molecule has 0 aliphatic carbocycles. The summed E-state index contributed by atoms with van der Waals surface area (Å²) in [6.07, 6.45) is 1.55. The first-order chi connectivity index (χ1) is 12.4. The first-order valence-corrected chi connectivity index (χ1v) is 9.19. The quantitative estimate of drug-likeness (QED) is 0.715. The molecule has 0 saturated carbocycles. The molecule has 1 heterocycles. The predicted octanol–water partition coefficient (Wildman–Crippen LogP) is 3.15. The molecular weight excluding hydrogens is 360 g/mol. The van der Waals surface area contributed by atoms with Crippen LogP contribution in [0, 0.1) is 11.6 Å². The van der Waals surface area contributed by atoms with E-state index in [1.807, 2.05) is 12.3 Å². The van der Waals surface area contributed by atoms with Gasteiger partial charge >= 0.3 is 0 Å². The minimum Gasteiger partial charge on any atom is -0.352 e. The Morgan fingerprint density at radius 2 is 2.08 bits per heavy atom. The van der Waals surface area contributed by atoms with Gasteiger partial charge in [0.2, 0.25) is 5.91 Å². The van der Waals surface area contributed by atoms with E-state index < -0.39 is 17.5 Å². The molecule has 2 amide bonds. The smallest absolute Gasteiger partial charge is 0.254 e. The van der Waals surface area contributed by atoms with Crippen molar-refractivity contribution in [2.24, 2.45) is 0 Å². The number of hydrogen-bond acceptors (Lipinski definition) is 4. The Hall–Kier alpha value is -2.35. The second-order valence-corrected chi connectivity index (χ2v) is 6.76. The molecule has 0 radical (unpaired) electrons. The van der Waals surface area contributed by atoms with Gasteiger partial charge in [-0.05, 0) is 25.0 Å². The highest BCUT2D eigenvalue weighted by atomic mass is 32.1. The van der Waals surface area contributed by atoms with E-state index in [0.29, 0.717) is 19.0 Å². The van der Waals surface area contributed by atoms with E-state index in [0.717, 1.165) is 29.3 Å². The Morgan fingerprint density at radius 1 is 1.31 bits per heavy atom. The SMILES string of the molecule is CCc1nc(CN(C)C(=O)CCCNC(=O)c2ccc(F)cc2F)cs1. The summed E-state index contributed by atoms with van der Waals surface area (Å²) in [5, 5.41) is 5.51. The van der Waals surface area contributed by atoms with Crippen LogP contribution in [0.5, 0.6) is 0 Å². The zero-order chi connectivity index (χ0) is 19.1. The monoisotopic (exact) mass is 381 g/mol. The van der Waals surface area contributed by atoms with Crippen molar-refractivity contribution in [3.63, 3.8) is 0 Å². The van der Waals surface area contributed by atoms with Gasteiger partial charge in [0.05, 0.1) is 22.8 Å². The number of nitrogens with zero attached hydrogens (tertiary/aromatic N) is 2. The van der Waals surface area contributed by atoms with Gasteiger partial charge < -0.3 is 10.2 Å². The number of aromatic nitrogens is 1. The third-order valence-corrected chi connectivity index (χ3v) is 4.80. The molecule has 1 aromatic heterocycles. The molecule has 8 heteroatoms. The van der Waals surface area contributed by atoms with E-state index in [9.17, 15) is 18.4 Å². The number of nitrogens with one attached hydrogen (secondary N) is 1. The van der Waals surface area contributed by atoms with Gasteiger partial charge in [-0.15, -0.1) is 11.3 Å². The number of halogens is 2. The van der Waals surface area contributed by atoms with Gasteiger partial charge in [0.1, 0.15) is 11.6 Å². The van der Waals surface area contributed by atoms with Crippen LogP contribution in [0.3, 0.4) is 0 Å². The fourth-order valence-electron chi connectivity index (χ4n) is 2.32. The maximum atomic E-state index is 13.5. The Balaban J connectivity index is 1.72. The highest BCUT2D eigenvalue weighted by molar-refractivity contribution is 7.09. The predicted molar refractivity (Wildman–Crippen MR) is 95.9 cm³/mol. The molecule has 0 bridgehead atoms. The number of aryl methyl sites for hydroxylation is 1. The van der Waals surface area contributed by atoms with Crippen LogP contribution in [0.25, 0.3) is 0 Å². The van der Waals surface area contributed by atoms with Crippen LogP contribution in [0.2, 0.25) is 0 Å². The van der Waals surface area contributed by atoms with Gasteiger partial charge in [0.25, 0.3) is 5.91 Å². The molecule has 0 aliphatic heterocycles. The second-order valence-electron chi connectivity index (χ2n) is 5.82. The van der Waals surface area contributed by atoms with Gasteiger partial charge in [-0.3, -0.25) is 9.59 Å². The lowest BCUT2D eigenvalue weighted by atomic mass is 10.2. The van der Waals surface area contributed by atoms with Crippen molar-refractivity contribution in [3.05, 3.63) is 51.5 Å². The summed E-state index contributed by atoms with van der Waals surface area (Å²) in [5.41, 5.74) is 0.646. The summed E-state index contributed by atoms with van der Waals surface area (Å²) in [5.74, 6) is -2.33. The topological polar surface area (TPSA) is 62.3 Å². The molecule has 2 aromatic rings. The van der Waals surface area contributed by atoms with E-state index in [1.54, 1.807) is 23.3 Å². The van der Waals surface area contributed by atoms with Gasteiger partial charge in [-0.25, -0.2) is 13.8 Å². The highest BCUT2D eigenvalue weighted by Crippen LogP contribution is 2.12. The molecule has 5 nitrogen and oxygen atoms in total. The lowest BCUT2D eigenvalue weighted by Crippen LogP contribution is -2.29. The molecule has 0 fully saturated rings. The lowest BCUT2D eigenvalue weighted by molar-refractivity contribution is -0.130. The molecule has 0 saturated heterocycles. The summed E-state index contributed by atoms with van der Waals surface area (Å²) in [6.45, 7) is 2.71. The van der Waals surface area contributed by atoms with Crippen molar-refractivity contribution in [1.29, 1.82) is 0 Å². The standard InChI is InChI=1S/C18H21F2N3O2S/c1-3-16-22-13(11-26-16)10-23(2)17(24)5-4-8-21-18(25)14-7-6-12(19)9-15(14)20/h6-7,9,11H,3-5,8,10H2,1-2H3,(H,21,25). The van der Waals surface area contributed by atoms with Crippen molar-refractivity contribution in [1.82, 2.24) is 15.2 Å². The van der Waals surface area contributed by atoms with E-state index in [1.165, 1.54) is 0 Å². The fourth-order valence-corrected chi connectivity index (χ4v) is 3.05. The minimum atomic E-state index is -0.909. The third kappa shape index (κ3) is 5.59. The van der Waals surface area contributed by atoms with E-state index >= 15 is 0 Å². The molecule has 1 N–H and O–H groups in total. The van der Waals surface area contributed by atoms with E-state index in [2.05, 4.69) is 10.3 Å². The molecule has 0 unspecified atom stereocenters. The molecule has 0 spiro atoms. The molecular formula is C18H21F2N3O2S. The number of rotatable bonds is 8. The summed E-state index contributed by atoms with van der Waals surface area (Å²) >= 11 is 1.58. The molecule has 26 heavy (non-hydrogen) atoms.